The van der Waals surface area contributed by atoms with E-state index in [9.17, 15) is 12.9 Å². The lowest BCUT2D eigenvalue weighted by molar-refractivity contribution is 0.409. The van der Waals surface area contributed by atoms with E-state index in [0.717, 1.165) is 12.3 Å². The first-order valence-corrected chi connectivity index (χ1v) is 3.65. The first-order chi connectivity index (χ1) is 5.95. The zero-order valence-electron chi connectivity index (χ0n) is 7.22. The molecule has 72 valence electrons. The van der Waals surface area contributed by atoms with Crippen LogP contribution in [0.15, 0.2) is 12.3 Å². The summed E-state index contributed by atoms with van der Waals surface area (Å²) in [4.78, 5) is 3.59. The fourth-order valence-corrected chi connectivity index (χ4v) is 0.914. The zero-order chi connectivity index (χ0) is 10.1. The summed E-state index contributed by atoms with van der Waals surface area (Å²) in [6, 6.07) is 0.961. The molecule has 13 heavy (non-hydrogen) atoms. The largest absolute Gasteiger partial charge is 0.511 e. The summed E-state index contributed by atoms with van der Waals surface area (Å²) in [5.74, 6) is 0.164. The van der Waals surface area contributed by atoms with Crippen LogP contribution >= 0.6 is 0 Å². The molecule has 2 nitrogen and oxygen atoms in total. The first kappa shape index (κ1) is 9.89. The van der Waals surface area contributed by atoms with Gasteiger partial charge in [0.25, 0.3) is 0 Å². The van der Waals surface area contributed by atoms with Gasteiger partial charge in [-0.1, -0.05) is 5.46 Å². The van der Waals surface area contributed by atoms with Crippen molar-refractivity contribution in [1.29, 1.82) is 0 Å². The lowest BCUT2D eigenvalue weighted by atomic mass is 9.81. The van der Waals surface area contributed by atoms with E-state index in [1.807, 2.05) is 0 Å². The third kappa shape index (κ3) is 2.14. The van der Waals surface area contributed by atoms with Crippen LogP contribution in [0.5, 0.6) is 5.75 Å². The molecule has 1 aromatic heterocycles. The van der Waals surface area contributed by atoms with Crippen LogP contribution in [0.4, 0.5) is 12.9 Å². The predicted octanol–water partition coefficient (Wildman–Crippen LogP) is 1.45. The van der Waals surface area contributed by atoms with Crippen molar-refractivity contribution in [3.05, 3.63) is 18.0 Å². The smallest absolute Gasteiger partial charge is 0.495 e. The number of nitrogens with zero attached hydrogens (tertiary/aromatic N) is 1. The molecule has 0 atom stereocenters. The minimum Gasteiger partial charge on any atom is -0.495 e. The van der Waals surface area contributed by atoms with E-state index >= 15 is 0 Å². The highest BCUT2D eigenvalue weighted by molar-refractivity contribution is 6.73. The molecule has 0 aliphatic heterocycles. The van der Waals surface area contributed by atoms with Crippen molar-refractivity contribution in [2.45, 2.75) is 6.92 Å². The van der Waals surface area contributed by atoms with Gasteiger partial charge in [0.1, 0.15) is 5.75 Å². The molecule has 0 N–H and O–H groups in total. The molecule has 6 heteroatoms. The Morgan fingerprint density at radius 1 is 1.38 bits per heavy atom. The Morgan fingerprint density at radius 3 is 2.46 bits per heavy atom. The maximum absolute atomic E-state index is 12.2. The van der Waals surface area contributed by atoms with E-state index in [4.69, 9.17) is 4.74 Å². The lowest BCUT2D eigenvalue weighted by Gasteiger charge is -2.15. The number of halogens is 3. The molecule has 0 aliphatic carbocycles. The minimum atomic E-state index is -4.99. The van der Waals surface area contributed by atoms with Gasteiger partial charge in [0.05, 0.1) is 12.8 Å². The summed E-state index contributed by atoms with van der Waals surface area (Å²) in [5, 5.41) is 0. The van der Waals surface area contributed by atoms with Crippen LogP contribution in [0.3, 0.4) is 0 Å². The van der Waals surface area contributed by atoms with E-state index in [1.54, 1.807) is 6.92 Å². The van der Waals surface area contributed by atoms with Crippen molar-refractivity contribution >= 4 is 12.4 Å². The van der Waals surface area contributed by atoms with Crippen molar-refractivity contribution in [3.8, 4) is 5.75 Å². The highest BCUT2D eigenvalue weighted by Crippen LogP contribution is 2.16. The molecule has 1 heterocycles. The van der Waals surface area contributed by atoms with E-state index < -0.39 is 12.4 Å². The number of hydrogen-bond acceptors (Lipinski definition) is 2. The van der Waals surface area contributed by atoms with Gasteiger partial charge in [-0.15, -0.1) is 0 Å². The Hall–Kier alpha value is -1.20. The van der Waals surface area contributed by atoms with Crippen LogP contribution in [-0.2, 0) is 0 Å². The molecular formula is C7H8BF3NO-. The van der Waals surface area contributed by atoms with Crippen molar-refractivity contribution < 1.29 is 17.7 Å². The summed E-state index contributed by atoms with van der Waals surface area (Å²) in [6.45, 7) is -3.40. The number of aromatic nitrogens is 1. The quantitative estimate of drug-likeness (QED) is 0.658. The lowest BCUT2D eigenvalue weighted by Crippen LogP contribution is -2.34. The minimum absolute atomic E-state index is 0.164. The molecule has 0 bridgehead atoms. The third-order valence-corrected chi connectivity index (χ3v) is 1.66. The monoisotopic (exact) mass is 190 g/mol. The fraction of sp³-hybridized carbons (Fsp3) is 0.286. The average Bonchev–Trinajstić information content (AvgIpc) is 2.03. The standard InChI is InChI=1S/C7H8BF3NO/c1-5-7(13-2)3-6(4-12-5)8(9,10)11/h3-4H,1-2H3/q-1. The topological polar surface area (TPSA) is 22.1 Å². The molecule has 0 saturated heterocycles. The number of pyridine rings is 1. The maximum atomic E-state index is 12.2. The summed E-state index contributed by atoms with van der Waals surface area (Å²) >= 11 is 0. The predicted molar refractivity (Wildman–Crippen MR) is 44.2 cm³/mol. The van der Waals surface area contributed by atoms with Gasteiger partial charge in [0.2, 0.25) is 0 Å². The maximum Gasteiger partial charge on any atom is 0.511 e. The second-order valence-electron chi connectivity index (χ2n) is 2.63. The van der Waals surface area contributed by atoms with Crippen LogP contribution in [0.25, 0.3) is 0 Å². The molecule has 0 fully saturated rings. The Labute approximate surface area is 73.8 Å². The number of aryl methyl sites for hydroxylation is 1. The normalized spacial score (nSPS) is 11.5. The summed E-state index contributed by atoms with van der Waals surface area (Å²) in [7, 11) is 1.32. The van der Waals surface area contributed by atoms with E-state index in [-0.39, 0.29) is 5.75 Å². The Balaban J connectivity index is 3.14. The molecule has 0 aromatic carbocycles. The molecule has 0 unspecified atom stereocenters. The second-order valence-corrected chi connectivity index (χ2v) is 2.63. The van der Waals surface area contributed by atoms with Gasteiger partial charge < -0.3 is 17.7 Å². The Morgan fingerprint density at radius 2 is 2.00 bits per heavy atom. The van der Waals surface area contributed by atoms with E-state index in [0.29, 0.717) is 5.69 Å². The van der Waals surface area contributed by atoms with Gasteiger partial charge in [0, 0.05) is 6.20 Å². The van der Waals surface area contributed by atoms with Crippen molar-refractivity contribution in [2.24, 2.45) is 0 Å². The van der Waals surface area contributed by atoms with Gasteiger partial charge in [-0.25, -0.2) is 0 Å². The summed E-state index contributed by atoms with van der Waals surface area (Å²) in [6.07, 6.45) is 0.817. The molecule has 0 amide bonds. The third-order valence-electron chi connectivity index (χ3n) is 1.66. The molecule has 1 rings (SSSR count). The van der Waals surface area contributed by atoms with Crippen molar-refractivity contribution in [2.75, 3.05) is 7.11 Å². The summed E-state index contributed by atoms with van der Waals surface area (Å²) in [5.41, 5.74) is -0.284. The number of methoxy groups -OCH3 is 1. The van der Waals surface area contributed by atoms with Crippen LogP contribution in [-0.4, -0.2) is 19.1 Å². The summed E-state index contributed by atoms with van der Waals surface area (Å²) < 4.78 is 41.3. The van der Waals surface area contributed by atoms with Crippen molar-refractivity contribution in [3.63, 3.8) is 0 Å². The highest BCUT2D eigenvalue weighted by Gasteiger charge is 2.26. The molecular weight excluding hydrogens is 182 g/mol. The first-order valence-electron chi connectivity index (χ1n) is 3.65. The fourth-order valence-electron chi connectivity index (χ4n) is 0.914. The Bertz CT molecular complexity index is 313. The SMILES string of the molecule is COc1cc([B-](F)(F)F)cnc1C. The molecule has 0 spiro atoms. The zero-order valence-corrected chi connectivity index (χ0v) is 7.22. The molecule has 0 aliphatic rings. The number of ether oxygens (including phenoxy) is 1. The van der Waals surface area contributed by atoms with Gasteiger partial charge >= 0.3 is 6.98 Å². The van der Waals surface area contributed by atoms with Gasteiger partial charge in [-0.3, -0.25) is 4.98 Å². The van der Waals surface area contributed by atoms with Crippen LogP contribution in [0.1, 0.15) is 5.69 Å². The Kier molecular flexibility index (Phi) is 2.49. The van der Waals surface area contributed by atoms with Gasteiger partial charge in [0.15, 0.2) is 0 Å². The van der Waals surface area contributed by atoms with Gasteiger partial charge in [-0.2, -0.15) is 0 Å². The van der Waals surface area contributed by atoms with Crippen molar-refractivity contribution in [1.82, 2.24) is 4.98 Å². The van der Waals surface area contributed by atoms with Crippen LogP contribution < -0.4 is 10.2 Å². The molecule has 0 saturated carbocycles. The van der Waals surface area contributed by atoms with Gasteiger partial charge in [-0.05, 0) is 13.0 Å². The van der Waals surface area contributed by atoms with E-state index in [2.05, 4.69) is 4.98 Å². The number of hydrogen-bond donors (Lipinski definition) is 0. The second kappa shape index (κ2) is 3.28. The molecule has 0 radical (unpaired) electrons. The van der Waals surface area contributed by atoms with Crippen LogP contribution in [0.2, 0.25) is 0 Å². The number of rotatable bonds is 2. The van der Waals surface area contributed by atoms with Crippen LogP contribution in [0, 0.1) is 6.92 Å². The molecule has 1 aromatic rings. The average molecular weight is 190 g/mol. The highest BCUT2D eigenvalue weighted by atomic mass is 19.4. The van der Waals surface area contributed by atoms with E-state index in [1.165, 1.54) is 7.11 Å².